The van der Waals surface area contributed by atoms with Crippen LogP contribution in [0.2, 0.25) is 10.0 Å². The lowest BCUT2D eigenvalue weighted by atomic mass is 9.83. The van der Waals surface area contributed by atoms with Gasteiger partial charge in [0.1, 0.15) is 35.5 Å². The molecule has 0 saturated heterocycles. The van der Waals surface area contributed by atoms with Gasteiger partial charge in [-0.05, 0) is 60.0 Å². The van der Waals surface area contributed by atoms with Crippen LogP contribution in [0.3, 0.4) is 0 Å². The Balaban J connectivity index is 1.34. The molecule has 0 saturated carbocycles. The number of nitrogens with two attached hydrogens (primary N) is 1. The van der Waals surface area contributed by atoms with Crippen molar-refractivity contribution >= 4 is 29.2 Å². The number of ether oxygens (including phenoxy) is 5. The zero-order chi connectivity index (χ0) is 31.2. The van der Waals surface area contributed by atoms with Crippen LogP contribution in [0.25, 0.3) is 0 Å². The number of halogens is 2. The SMILES string of the molecule is CCc1ccc(OCC(=O)Oc2ccc3c(c2)OC(N)=C(C#N)C3c2ccc(OCc3ccc(Cl)cc3Cl)c(OC)c2)cc1. The van der Waals surface area contributed by atoms with Crippen molar-refractivity contribution in [3.05, 3.63) is 123 Å². The van der Waals surface area contributed by atoms with Gasteiger partial charge in [-0.15, -0.1) is 0 Å². The highest BCUT2D eigenvalue weighted by Crippen LogP contribution is 2.45. The number of methoxy groups -OCH3 is 1. The number of nitrogens with zero attached hydrogens (tertiary/aromatic N) is 1. The number of fused-ring (bicyclic) bond motifs is 1. The quantitative estimate of drug-likeness (QED) is 0.143. The molecule has 1 unspecified atom stereocenters. The highest BCUT2D eigenvalue weighted by molar-refractivity contribution is 6.35. The van der Waals surface area contributed by atoms with Gasteiger partial charge in [-0.3, -0.25) is 0 Å². The van der Waals surface area contributed by atoms with Crippen LogP contribution in [0.4, 0.5) is 0 Å². The van der Waals surface area contributed by atoms with Gasteiger partial charge in [0.2, 0.25) is 5.88 Å². The number of allylic oxidation sites excluding steroid dienone is 1. The predicted molar refractivity (Wildman–Crippen MR) is 166 cm³/mol. The molecule has 0 bridgehead atoms. The molecule has 0 fully saturated rings. The summed E-state index contributed by atoms with van der Waals surface area (Å²) in [7, 11) is 1.53. The van der Waals surface area contributed by atoms with Crippen molar-refractivity contribution in [2.75, 3.05) is 13.7 Å². The van der Waals surface area contributed by atoms with Gasteiger partial charge in [-0.1, -0.05) is 60.5 Å². The van der Waals surface area contributed by atoms with Crippen LogP contribution in [0.1, 0.15) is 35.1 Å². The number of carbonyl (C=O) groups excluding carboxylic acids is 1. The van der Waals surface area contributed by atoms with Gasteiger partial charge < -0.3 is 29.4 Å². The molecule has 1 aliphatic heterocycles. The van der Waals surface area contributed by atoms with Crippen LogP contribution in [0.15, 0.2) is 90.3 Å². The summed E-state index contributed by atoms with van der Waals surface area (Å²) in [5.41, 5.74) is 9.72. The maximum atomic E-state index is 12.5. The molecule has 0 aromatic heterocycles. The first-order chi connectivity index (χ1) is 21.3. The van der Waals surface area contributed by atoms with E-state index < -0.39 is 11.9 Å². The van der Waals surface area contributed by atoms with Crippen molar-refractivity contribution in [2.24, 2.45) is 5.73 Å². The van der Waals surface area contributed by atoms with Crippen LogP contribution >= 0.6 is 23.2 Å². The van der Waals surface area contributed by atoms with E-state index >= 15 is 0 Å². The second kappa shape index (κ2) is 13.6. The highest BCUT2D eigenvalue weighted by atomic mass is 35.5. The zero-order valence-corrected chi connectivity index (χ0v) is 25.4. The molecule has 44 heavy (non-hydrogen) atoms. The van der Waals surface area contributed by atoms with Crippen molar-refractivity contribution in [1.29, 1.82) is 5.26 Å². The molecule has 2 N–H and O–H groups in total. The van der Waals surface area contributed by atoms with E-state index in [9.17, 15) is 10.1 Å². The van der Waals surface area contributed by atoms with E-state index in [2.05, 4.69) is 13.0 Å². The molecular formula is C34H28Cl2N2O6. The fourth-order valence-electron chi connectivity index (χ4n) is 4.74. The summed E-state index contributed by atoms with van der Waals surface area (Å²) in [4.78, 5) is 12.5. The molecule has 224 valence electrons. The van der Waals surface area contributed by atoms with Crippen LogP contribution in [-0.2, 0) is 17.8 Å². The topological polar surface area (TPSA) is 113 Å². The van der Waals surface area contributed by atoms with Crippen molar-refractivity contribution < 1.29 is 28.5 Å². The highest BCUT2D eigenvalue weighted by Gasteiger charge is 2.32. The third-order valence-corrected chi connectivity index (χ3v) is 7.62. The Hall–Kier alpha value is -4.84. The first-order valence-electron chi connectivity index (χ1n) is 13.7. The summed E-state index contributed by atoms with van der Waals surface area (Å²) in [6, 6.07) is 25.1. The van der Waals surface area contributed by atoms with Gasteiger partial charge in [-0.25, -0.2) is 4.79 Å². The molecule has 0 amide bonds. The first kappa shape index (κ1) is 30.6. The molecule has 0 radical (unpaired) electrons. The molecule has 8 nitrogen and oxygen atoms in total. The zero-order valence-electron chi connectivity index (χ0n) is 23.9. The van der Waals surface area contributed by atoms with Gasteiger partial charge in [-0.2, -0.15) is 5.26 Å². The van der Waals surface area contributed by atoms with Crippen LogP contribution in [-0.4, -0.2) is 19.7 Å². The third kappa shape index (κ3) is 6.86. The fraction of sp³-hybridized carbons (Fsp3) is 0.176. The lowest BCUT2D eigenvalue weighted by Gasteiger charge is -2.27. The van der Waals surface area contributed by atoms with Crippen molar-refractivity contribution in [1.82, 2.24) is 0 Å². The summed E-state index contributed by atoms with van der Waals surface area (Å²) >= 11 is 12.3. The molecule has 1 aliphatic rings. The maximum absolute atomic E-state index is 12.5. The normalized spacial score (nSPS) is 13.8. The first-order valence-corrected chi connectivity index (χ1v) is 14.4. The number of benzene rings is 4. The summed E-state index contributed by atoms with van der Waals surface area (Å²) in [5, 5.41) is 11.0. The molecule has 1 heterocycles. The molecule has 10 heteroatoms. The Labute approximate surface area is 265 Å². The predicted octanol–water partition coefficient (Wildman–Crippen LogP) is 7.35. The van der Waals surface area contributed by atoms with Crippen molar-refractivity contribution in [3.8, 4) is 34.8 Å². The largest absolute Gasteiger partial charge is 0.493 e. The van der Waals surface area contributed by atoms with Crippen LogP contribution in [0.5, 0.6) is 28.7 Å². The average Bonchev–Trinajstić information content (AvgIpc) is 3.03. The van der Waals surface area contributed by atoms with E-state index in [0.717, 1.165) is 17.5 Å². The van der Waals surface area contributed by atoms with Gasteiger partial charge in [0.05, 0.1) is 13.0 Å². The minimum Gasteiger partial charge on any atom is -0.493 e. The van der Waals surface area contributed by atoms with Crippen LogP contribution in [0, 0.1) is 11.3 Å². The van der Waals surface area contributed by atoms with E-state index in [1.54, 1.807) is 48.5 Å². The summed E-state index contributed by atoms with van der Waals surface area (Å²) in [6.45, 7) is 1.98. The number of aryl methyl sites for hydroxylation is 1. The Morgan fingerprint density at radius 1 is 0.955 bits per heavy atom. The number of nitriles is 1. The Morgan fingerprint density at radius 3 is 2.43 bits per heavy atom. The Morgan fingerprint density at radius 2 is 1.73 bits per heavy atom. The number of esters is 1. The fourth-order valence-corrected chi connectivity index (χ4v) is 5.21. The molecule has 5 rings (SSSR count). The van der Waals surface area contributed by atoms with E-state index in [1.807, 2.05) is 30.3 Å². The van der Waals surface area contributed by atoms with Gasteiger partial charge in [0, 0.05) is 27.2 Å². The monoisotopic (exact) mass is 630 g/mol. The van der Waals surface area contributed by atoms with Crippen molar-refractivity contribution in [3.63, 3.8) is 0 Å². The minimum atomic E-state index is -0.585. The summed E-state index contributed by atoms with van der Waals surface area (Å²) < 4.78 is 28.4. The van der Waals surface area contributed by atoms with Crippen molar-refractivity contribution in [2.45, 2.75) is 25.9 Å². The Kier molecular flexibility index (Phi) is 9.49. The maximum Gasteiger partial charge on any atom is 0.349 e. The molecule has 1 atom stereocenters. The molecule has 0 spiro atoms. The Bertz CT molecular complexity index is 1770. The molecule has 4 aromatic carbocycles. The lowest BCUT2D eigenvalue weighted by Crippen LogP contribution is -2.22. The standard InChI is InChI=1S/C34H28Cl2N2O6/c1-3-20-4-9-24(10-5-20)41-19-32(39)43-25-11-12-26-30(16-25)44-34(38)27(17-37)33(26)21-7-13-29(31(14-21)40-2)42-18-22-6-8-23(35)15-28(22)36/h4-16,33H,3,18-19,38H2,1-2H3. The number of hydrogen-bond acceptors (Lipinski definition) is 8. The lowest BCUT2D eigenvalue weighted by molar-refractivity contribution is -0.136. The van der Waals surface area contributed by atoms with Gasteiger partial charge in [0.25, 0.3) is 0 Å². The van der Waals surface area contributed by atoms with Gasteiger partial charge >= 0.3 is 5.97 Å². The smallest absolute Gasteiger partial charge is 0.349 e. The van der Waals surface area contributed by atoms with E-state index in [4.69, 9.17) is 52.6 Å². The second-order valence-electron chi connectivity index (χ2n) is 9.82. The minimum absolute atomic E-state index is 0.0518. The molecular weight excluding hydrogens is 603 g/mol. The number of rotatable bonds is 10. The molecule has 0 aliphatic carbocycles. The van der Waals surface area contributed by atoms with E-state index in [1.165, 1.54) is 12.7 Å². The average molecular weight is 632 g/mol. The molecule has 4 aromatic rings. The number of carbonyl (C=O) groups is 1. The van der Waals surface area contributed by atoms with E-state index in [-0.39, 0.29) is 30.4 Å². The van der Waals surface area contributed by atoms with Gasteiger partial charge in [0.15, 0.2) is 18.1 Å². The summed E-state index contributed by atoms with van der Waals surface area (Å²) in [6.07, 6.45) is 0.910. The summed E-state index contributed by atoms with van der Waals surface area (Å²) in [5.74, 6) is 0.886. The van der Waals surface area contributed by atoms with Crippen LogP contribution < -0.4 is 29.4 Å². The second-order valence-corrected chi connectivity index (χ2v) is 10.7. The number of hydrogen-bond donors (Lipinski definition) is 1. The third-order valence-electron chi connectivity index (χ3n) is 7.03. The van der Waals surface area contributed by atoms with E-state index in [0.29, 0.717) is 38.6 Å².